The normalized spacial score (nSPS) is 14.5. The van der Waals surface area contributed by atoms with E-state index < -0.39 is 23.8 Å². The molecule has 0 spiro atoms. The largest absolute Gasteiger partial charge is 0.444 e. The molecule has 4 rings (SSSR count). The van der Waals surface area contributed by atoms with Gasteiger partial charge in [0.05, 0.1) is 0 Å². The van der Waals surface area contributed by atoms with E-state index in [2.05, 4.69) is 10.6 Å². The third kappa shape index (κ3) is 7.75. The van der Waals surface area contributed by atoms with Crippen molar-refractivity contribution in [3.05, 3.63) is 101 Å². The number of carbonyl (C=O) groups is 3. The molecule has 1 aliphatic rings. The van der Waals surface area contributed by atoms with E-state index in [0.717, 1.165) is 40.7 Å². The van der Waals surface area contributed by atoms with Crippen molar-refractivity contribution in [2.45, 2.75) is 84.5 Å². The fourth-order valence-electron chi connectivity index (χ4n) is 4.95. The molecule has 3 aromatic carbocycles. The lowest BCUT2D eigenvalue weighted by Gasteiger charge is -2.35. The first kappa shape index (κ1) is 29.8. The Labute approximate surface area is 243 Å². The molecule has 3 amide bonds. The maximum Gasteiger partial charge on any atom is 0.408 e. The minimum absolute atomic E-state index is 0.117. The molecule has 2 atom stereocenters. The van der Waals surface area contributed by atoms with E-state index >= 15 is 0 Å². The standard InChI is InChI=1S/C34H41N3O4/c1-22-14-12-17-27(24(22)3)30(31(38)35-28-18-11-10-13-23(28)2)37(26-19-20-26)32(39)29(21-25-15-8-7-9-16-25)36-33(40)41-34(4,5)6/h7-18,26,29-30H,19-21H2,1-6H3,(H,35,38)(H,36,40). The SMILES string of the molecule is Cc1ccccc1NC(=O)C(c1cccc(C)c1C)N(C(=O)C(Cc1ccccc1)NC(=O)OC(C)(C)C)C1CC1. The molecule has 41 heavy (non-hydrogen) atoms. The predicted octanol–water partition coefficient (Wildman–Crippen LogP) is 6.42. The fourth-order valence-corrected chi connectivity index (χ4v) is 4.95. The third-order valence-electron chi connectivity index (χ3n) is 7.34. The lowest BCUT2D eigenvalue weighted by atomic mass is 9.94. The van der Waals surface area contributed by atoms with Gasteiger partial charge in [-0.1, -0.05) is 66.7 Å². The summed E-state index contributed by atoms with van der Waals surface area (Å²) >= 11 is 0. The first-order valence-corrected chi connectivity index (χ1v) is 14.2. The van der Waals surface area contributed by atoms with Crippen molar-refractivity contribution < 1.29 is 19.1 Å². The van der Waals surface area contributed by atoms with Gasteiger partial charge in [-0.05, 0) is 88.3 Å². The highest BCUT2D eigenvalue weighted by atomic mass is 16.6. The molecule has 3 aromatic rings. The molecular weight excluding hydrogens is 514 g/mol. The number of hydrogen-bond acceptors (Lipinski definition) is 4. The van der Waals surface area contributed by atoms with Gasteiger partial charge >= 0.3 is 6.09 Å². The average Bonchev–Trinajstić information content (AvgIpc) is 3.74. The van der Waals surface area contributed by atoms with Gasteiger partial charge in [0.25, 0.3) is 5.91 Å². The van der Waals surface area contributed by atoms with Crippen molar-refractivity contribution in [1.82, 2.24) is 10.2 Å². The first-order chi connectivity index (χ1) is 19.4. The Morgan fingerprint density at radius 2 is 1.51 bits per heavy atom. The van der Waals surface area contributed by atoms with E-state index in [-0.39, 0.29) is 24.3 Å². The van der Waals surface area contributed by atoms with Crippen LogP contribution in [0.3, 0.4) is 0 Å². The summed E-state index contributed by atoms with van der Waals surface area (Å²) in [5, 5.41) is 5.92. The number of carbonyl (C=O) groups excluding carboxylic acids is 3. The number of ether oxygens (including phenoxy) is 1. The molecule has 2 unspecified atom stereocenters. The Morgan fingerprint density at radius 1 is 0.878 bits per heavy atom. The van der Waals surface area contributed by atoms with Crippen LogP contribution in [0.4, 0.5) is 10.5 Å². The molecule has 0 aliphatic heterocycles. The summed E-state index contributed by atoms with van der Waals surface area (Å²) in [5.74, 6) is -0.600. The van der Waals surface area contributed by atoms with Crippen molar-refractivity contribution >= 4 is 23.6 Å². The second kappa shape index (κ2) is 12.6. The number of anilines is 1. The fraction of sp³-hybridized carbons (Fsp3) is 0.382. The van der Waals surface area contributed by atoms with Gasteiger partial charge in [0, 0.05) is 18.2 Å². The summed E-state index contributed by atoms with van der Waals surface area (Å²) in [5.41, 5.74) is 4.55. The summed E-state index contributed by atoms with van der Waals surface area (Å²) in [4.78, 5) is 43.4. The van der Waals surface area contributed by atoms with Crippen LogP contribution < -0.4 is 10.6 Å². The van der Waals surface area contributed by atoms with Crippen LogP contribution in [0.2, 0.25) is 0 Å². The van der Waals surface area contributed by atoms with Crippen LogP contribution in [0.15, 0.2) is 72.8 Å². The van der Waals surface area contributed by atoms with E-state index in [4.69, 9.17) is 4.74 Å². The Morgan fingerprint density at radius 3 is 2.15 bits per heavy atom. The summed E-state index contributed by atoms with van der Waals surface area (Å²) in [7, 11) is 0. The average molecular weight is 556 g/mol. The molecule has 0 radical (unpaired) electrons. The lowest BCUT2D eigenvalue weighted by Crippen LogP contribution is -2.54. The predicted molar refractivity (Wildman–Crippen MR) is 162 cm³/mol. The maximum atomic E-state index is 14.5. The smallest absolute Gasteiger partial charge is 0.408 e. The van der Waals surface area contributed by atoms with Gasteiger partial charge in [0.2, 0.25) is 5.91 Å². The van der Waals surface area contributed by atoms with Crippen molar-refractivity contribution in [3.8, 4) is 0 Å². The Balaban J connectivity index is 1.76. The van der Waals surface area contributed by atoms with Gasteiger partial charge in [-0.3, -0.25) is 9.59 Å². The molecule has 1 fully saturated rings. The topological polar surface area (TPSA) is 87.7 Å². The van der Waals surface area contributed by atoms with Gasteiger partial charge in [0.15, 0.2) is 0 Å². The summed E-state index contributed by atoms with van der Waals surface area (Å²) in [6.07, 6.45) is 1.17. The minimum atomic E-state index is -0.924. The Kier molecular flexibility index (Phi) is 9.16. The van der Waals surface area contributed by atoms with Crippen molar-refractivity contribution in [3.63, 3.8) is 0 Å². The second-order valence-electron chi connectivity index (χ2n) is 11.9. The van der Waals surface area contributed by atoms with Gasteiger partial charge in [-0.25, -0.2) is 4.79 Å². The van der Waals surface area contributed by atoms with Gasteiger partial charge in [0.1, 0.15) is 17.7 Å². The third-order valence-corrected chi connectivity index (χ3v) is 7.34. The molecule has 0 bridgehead atoms. The lowest BCUT2D eigenvalue weighted by molar-refractivity contribution is -0.141. The summed E-state index contributed by atoms with van der Waals surface area (Å²) in [6.45, 7) is 11.3. The highest BCUT2D eigenvalue weighted by Crippen LogP contribution is 2.38. The molecule has 216 valence electrons. The molecule has 2 N–H and O–H groups in total. The highest BCUT2D eigenvalue weighted by molar-refractivity contribution is 6.00. The maximum absolute atomic E-state index is 14.5. The van der Waals surface area contributed by atoms with Crippen LogP contribution in [0.1, 0.15) is 67.5 Å². The number of rotatable bonds is 9. The molecule has 1 saturated carbocycles. The zero-order valence-electron chi connectivity index (χ0n) is 24.9. The zero-order chi connectivity index (χ0) is 29.7. The molecule has 7 nitrogen and oxygen atoms in total. The first-order valence-electron chi connectivity index (χ1n) is 14.2. The van der Waals surface area contributed by atoms with E-state index in [0.29, 0.717) is 5.69 Å². The monoisotopic (exact) mass is 555 g/mol. The van der Waals surface area contributed by atoms with Crippen LogP contribution in [-0.4, -0.2) is 40.5 Å². The highest BCUT2D eigenvalue weighted by Gasteiger charge is 2.44. The minimum Gasteiger partial charge on any atom is -0.444 e. The van der Waals surface area contributed by atoms with E-state index in [9.17, 15) is 14.4 Å². The molecule has 1 aliphatic carbocycles. The van der Waals surface area contributed by atoms with Crippen molar-refractivity contribution in [2.75, 3.05) is 5.32 Å². The Bertz CT molecular complexity index is 1390. The van der Waals surface area contributed by atoms with E-state index in [1.165, 1.54) is 0 Å². The Hall–Kier alpha value is -4.13. The van der Waals surface area contributed by atoms with Gasteiger partial charge in [-0.2, -0.15) is 0 Å². The van der Waals surface area contributed by atoms with E-state index in [1.54, 1.807) is 25.7 Å². The van der Waals surface area contributed by atoms with Crippen LogP contribution in [0.5, 0.6) is 0 Å². The zero-order valence-corrected chi connectivity index (χ0v) is 24.9. The molecular formula is C34H41N3O4. The number of hydrogen-bond donors (Lipinski definition) is 2. The van der Waals surface area contributed by atoms with Crippen LogP contribution in [0, 0.1) is 20.8 Å². The van der Waals surface area contributed by atoms with Gasteiger partial charge in [-0.15, -0.1) is 0 Å². The van der Waals surface area contributed by atoms with Crippen LogP contribution >= 0.6 is 0 Å². The number of nitrogens with one attached hydrogen (secondary N) is 2. The molecule has 0 saturated heterocycles. The molecule has 0 aromatic heterocycles. The van der Waals surface area contributed by atoms with Gasteiger partial charge < -0.3 is 20.3 Å². The van der Waals surface area contributed by atoms with E-state index in [1.807, 2.05) is 93.6 Å². The second-order valence-corrected chi connectivity index (χ2v) is 11.9. The van der Waals surface area contributed by atoms with Crippen molar-refractivity contribution in [2.24, 2.45) is 0 Å². The summed E-state index contributed by atoms with van der Waals surface area (Å²) in [6, 6.07) is 21.1. The number of amides is 3. The number of alkyl carbamates (subject to hydrolysis) is 1. The number of benzene rings is 3. The van der Waals surface area contributed by atoms with Crippen LogP contribution in [-0.2, 0) is 20.7 Å². The van der Waals surface area contributed by atoms with Crippen LogP contribution in [0.25, 0.3) is 0 Å². The molecule has 0 heterocycles. The van der Waals surface area contributed by atoms with Crippen molar-refractivity contribution in [1.29, 1.82) is 0 Å². The summed E-state index contributed by atoms with van der Waals surface area (Å²) < 4.78 is 5.53. The quantitative estimate of drug-likeness (QED) is 0.319. The number of para-hydroxylation sites is 1. The molecule has 7 heteroatoms. The number of nitrogens with zero attached hydrogens (tertiary/aromatic N) is 1. The number of aryl methyl sites for hydroxylation is 2.